The summed E-state index contributed by atoms with van der Waals surface area (Å²) in [6, 6.07) is 17.8. The minimum Gasteiger partial charge on any atom is -0.489 e. The van der Waals surface area contributed by atoms with E-state index in [0.29, 0.717) is 30.0 Å². The van der Waals surface area contributed by atoms with Crippen LogP contribution in [-0.2, 0) is 42.1 Å². The van der Waals surface area contributed by atoms with Crippen LogP contribution in [0.5, 0.6) is 5.75 Å². The van der Waals surface area contributed by atoms with Crippen molar-refractivity contribution in [2.24, 2.45) is 0 Å². The van der Waals surface area contributed by atoms with Gasteiger partial charge in [0.1, 0.15) is 24.0 Å². The van der Waals surface area contributed by atoms with Gasteiger partial charge in [-0.25, -0.2) is 14.2 Å². The normalized spacial score (nSPS) is 16.7. The molecule has 1 atom stereocenters. The Balaban J connectivity index is 1.20. The van der Waals surface area contributed by atoms with Crippen LogP contribution < -0.4 is 4.74 Å². The molecule has 1 fully saturated rings. The Morgan fingerprint density at radius 1 is 1.18 bits per heavy atom. The van der Waals surface area contributed by atoms with Crippen LogP contribution in [0.1, 0.15) is 44.9 Å². The third-order valence-corrected chi connectivity index (χ3v) is 7.64. The highest BCUT2D eigenvalue weighted by molar-refractivity contribution is 5.93. The summed E-state index contributed by atoms with van der Waals surface area (Å²) in [5.41, 5.74) is 5.37. The molecule has 1 aromatic heterocycles. The van der Waals surface area contributed by atoms with E-state index >= 15 is 0 Å². The smallest absolute Gasteiger partial charge is 0.337 e. The number of fused-ring (bicyclic) bond motifs is 2. The number of aromatic nitrogens is 2. The van der Waals surface area contributed by atoms with E-state index in [4.69, 9.17) is 24.5 Å². The van der Waals surface area contributed by atoms with E-state index in [1.807, 2.05) is 30.3 Å². The summed E-state index contributed by atoms with van der Waals surface area (Å²) in [5.74, 6) is 0.787. The number of nitrogens with zero attached hydrogens (tertiary/aromatic N) is 4. The molecule has 8 nitrogen and oxygen atoms in total. The van der Waals surface area contributed by atoms with E-state index in [-0.39, 0.29) is 24.2 Å². The molecule has 2 aliphatic rings. The highest BCUT2D eigenvalue weighted by Gasteiger charge is 2.25. The maximum absolute atomic E-state index is 14.3. The third kappa shape index (κ3) is 5.28. The van der Waals surface area contributed by atoms with E-state index in [1.165, 1.54) is 24.3 Å². The van der Waals surface area contributed by atoms with Crippen molar-refractivity contribution >= 4 is 17.0 Å². The van der Waals surface area contributed by atoms with Gasteiger partial charge in [0.2, 0.25) is 0 Å². The number of halogens is 1. The molecule has 1 saturated heterocycles. The van der Waals surface area contributed by atoms with Gasteiger partial charge in [0.25, 0.3) is 0 Å². The molecule has 0 aliphatic carbocycles. The summed E-state index contributed by atoms with van der Waals surface area (Å²) in [4.78, 5) is 19.5. The van der Waals surface area contributed by atoms with Gasteiger partial charge in [-0.3, -0.25) is 4.90 Å². The lowest BCUT2D eigenvalue weighted by Gasteiger charge is -2.30. The van der Waals surface area contributed by atoms with Crippen LogP contribution in [0.25, 0.3) is 11.0 Å². The van der Waals surface area contributed by atoms with Crippen LogP contribution in [0.15, 0.2) is 54.6 Å². The monoisotopic (exact) mass is 540 g/mol. The van der Waals surface area contributed by atoms with Crippen molar-refractivity contribution < 1.29 is 23.4 Å². The van der Waals surface area contributed by atoms with Gasteiger partial charge in [0, 0.05) is 25.3 Å². The molecule has 9 heteroatoms. The van der Waals surface area contributed by atoms with Crippen LogP contribution in [0.4, 0.5) is 4.39 Å². The Morgan fingerprint density at radius 2 is 2.05 bits per heavy atom. The Kier molecular flexibility index (Phi) is 7.20. The first-order valence-corrected chi connectivity index (χ1v) is 13.4. The first kappa shape index (κ1) is 26.0. The fourth-order valence-electron chi connectivity index (χ4n) is 5.29. The topological polar surface area (TPSA) is 89.6 Å². The van der Waals surface area contributed by atoms with E-state index < -0.39 is 5.82 Å². The zero-order valence-corrected chi connectivity index (χ0v) is 22.2. The largest absolute Gasteiger partial charge is 0.489 e. The maximum atomic E-state index is 14.3. The predicted molar refractivity (Wildman–Crippen MR) is 145 cm³/mol. The molecule has 4 aromatic rings. The number of carbonyl (C=O) groups excluding carboxylic acids is 1. The Labute approximate surface area is 231 Å². The van der Waals surface area contributed by atoms with Crippen LogP contribution in [0.2, 0.25) is 0 Å². The molecule has 2 aliphatic heterocycles. The molecule has 3 heterocycles. The number of rotatable bonds is 8. The van der Waals surface area contributed by atoms with E-state index in [1.54, 1.807) is 18.2 Å². The Bertz CT molecular complexity index is 1620. The standard InChI is InChI=1S/C31H29FN4O4/c1-38-31(37)22-5-7-28-29(14-22)36(17-26-9-11-39-26)30(34-28)18-35-10-8-21-4-6-25(13-24(21)16-35)40-19-23-3-2-20(15-33)12-27(23)32/h2-7,12-14,26H,8-11,16-19H2,1H3. The highest BCUT2D eigenvalue weighted by atomic mass is 19.1. The number of imidazole rings is 1. The van der Waals surface area contributed by atoms with Crippen LogP contribution in [-0.4, -0.2) is 46.8 Å². The molecule has 0 N–H and O–H groups in total. The zero-order valence-electron chi connectivity index (χ0n) is 22.2. The van der Waals surface area contributed by atoms with Crippen LogP contribution in [0.3, 0.4) is 0 Å². The molecule has 204 valence electrons. The molecule has 1 unspecified atom stereocenters. The molecule has 0 bridgehead atoms. The van der Waals surface area contributed by atoms with Gasteiger partial charge in [-0.05, 0) is 66.4 Å². The lowest BCUT2D eigenvalue weighted by Crippen LogP contribution is -2.34. The number of hydrogen-bond acceptors (Lipinski definition) is 7. The van der Waals surface area contributed by atoms with E-state index in [0.717, 1.165) is 49.4 Å². The van der Waals surface area contributed by atoms with Crippen molar-refractivity contribution in [1.29, 1.82) is 5.26 Å². The highest BCUT2D eigenvalue weighted by Crippen LogP contribution is 2.28. The van der Waals surface area contributed by atoms with Gasteiger partial charge in [-0.1, -0.05) is 12.1 Å². The Morgan fingerprint density at radius 3 is 2.80 bits per heavy atom. The van der Waals surface area contributed by atoms with Crippen LogP contribution >= 0.6 is 0 Å². The van der Waals surface area contributed by atoms with Crippen LogP contribution in [0, 0.1) is 17.1 Å². The molecule has 40 heavy (non-hydrogen) atoms. The van der Waals surface area contributed by atoms with Crippen molar-refractivity contribution in [3.63, 3.8) is 0 Å². The van der Waals surface area contributed by atoms with E-state index in [9.17, 15) is 9.18 Å². The molecular formula is C31H29FN4O4. The predicted octanol–water partition coefficient (Wildman–Crippen LogP) is 4.76. The average molecular weight is 541 g/mol. The Hall–Kier alpha value is -4.26. The second-order valence-electron chi connectivity index (χ2n) is 10.2. The van der Waals surface area contributed by atoms with Gasteiger partial charge >= 0.3 is 5.97 Å². The quantitative estimate of drug-likeness (QED) is 0.298. The van der Waals surface area contributed by atoms with Crippen molar-refractivity contribution in [3.05, 3.63) is 94.1 Å². The van der Waals surface area contributed by atoms with Gasteiger partial charge in [-0.15, -0.1) is 0 Å². The van der Waals surface area contributed by atoms with Gasteiger partial charge < -0.3 is 18.8 Å². The average Bonchev–Trinajstić information content (AvgIpc) is 3.29. The second kappa shape index (κ2) is 11.1. The van der Waals surface area contributed by atoms with Crippen molar-refractivity contribution in [3.8, 4) is 11.8 Å². The molecule has 6 rings (SSSR count). The zero-order chi connectivity index (χ0) is 27.6. The number of benzene rings is 3. The first-order valence-electron chi connectivity index (χ1n) is 13.4. The fourth-order valence-corrected chi connectivity index (χ4v) is 5.29. The van der Waals surface area contributed by atoms with Gasteiger partial charge in [0.15, 0.2) is 0 Å². The molecule has 3 aromatic carbocycles. The van der Waals surface area contributed by atoms with Crippen molar-refractivity contribution in [2.45, 2.75) is 45.2 Å². The third-order valence-electron chi connectivity index (χ3n) is 7.64. The fraction of sp³-hybridized carbons (Fsp3) is 0.323. The molecular weight excluding hydrogens is 511 g/mol. The van der Waals surface area contributed by atoms with Crippen molar-refractivity contribution in [2.75, 3.05) is 20.3 Å². The summed E-state index contributed by atoms with van der Waals surface area (Å²) in [5, 5.41) is 8.95. The first-order chi connectivity index (χ1) is 19.5. The molecule has 0 spiro atoms. The summed E-state index contributed by atoms with van der Waals surface area (Å²) in [7, 11) is 1.38. The number of carbonyl (C=O) groups is 1. The summed E-state index contributed by atoms with van der Waals surface area (Å²) in [6.07, 6.45) is 2.04. The number of methoxy groups -OCH3 is 1. The minimum atomic E-state index is -0.447. The lowest BCUT2D eigenvalue weighted by molar-refractivity contribution is -0.0592. The van der Waals surface area contributed by atoms with Gasteiger partial charge in [-0.2, -0.15) is 5.26 Å². The van der Waals surface area contributed by atoms with E-state index in [2.05, 4.69) is 15.5 Å². The summed E-state index contributed by atoms with van der Waals surface area (Å²) >= 11 is 0. The number of nitriles is 1. The number of hydrogen-bond donors (Lipinski definition) is 0. The SMILES string of the molecule is COC(=O)c1ccc2nc(CN3CCc4ccc(OCc5ccc(C#N)cc5F)cc4C3)n(CC3CCO3)c2c1. The maximum Gasteiger partial charge on any atom is 0.337 e. The summed E-state index contributed by atoms with van der Waals surface area (Å²) in [6.45, 7) is 3.81. The lowest BCUT2D eigenvalue weighted by atomic mass is 9.99. The second-order valence-corrected chi connectivity index (χ2v) is 10.2. The number of esters is 1. The van der Waals surface area contributed by atoms with Crippen molar-refractivity contribution in [1.82, 2.24) is 14.5 Å². The molecule has 0 saturated carbocycles. The number of ether oxygens (including phenoxy) is 3. The van der Waals surface area contributed by atoms with Gasteiger partial charge in [0.05, 0.1) is 54.5 Å². The minimum absolute atomic E-state index is 0.0842. The molecule has 0 radical (unpaired) electrons. The molecule has 0 amide bonds. The summed E-state index contributed by atoms with van der Waals surface area (Å²) < 4.78 is 33.0.